The molecule has 0 bridgehead atoms. The third kappa shape index (κ3) is 5.15. The summed E-state index contributed by atoms with van der Waals surface area (Å²) >= 11 is 7.57. The SMILES string of the molecule is COC(=O)C1=C(C)N=c2s/c(=C\c3ccc(OCc4ccc5c(c4)OCO5)cc3)c(=O)n2[C@H]1c1cc(Cl)ccc1OC. The Morgan fingerprint density at radius 2 is 1.88 bits per heavy atom. The number of benzene rings is 3. The van der Waals surface area contributed by atoms with Gasteiger partial charge in [-0.25, -0.2) is 9.79 Å². The van der Waals surface area contributed by atoms with Gasteiger partial charge in [-0.1, -0.05) is 41.1 Å². The summed E-state index contributed by atoms with van der Waals surface area (Å²) in [5.74, 6) is 2.00. The lowest BCUT2D eigenvalue weighted by Crippen LogP contribution is -2.40. The van der Waals surface area contributed by atoms with E-state index in [0.29, 0.717) is 49.5 Å². The van der Waals surface area contributed by atoms with Gasteiger partial charge in [-0.2, -0.15) is 0 Å². The highest BCUT2D eigenvalue weighted by molar-refractivity contribution is 7.07. The van der Waals surface area contributed by atoms with E-state index >= 15 is 0 Å². The van der Waals surface area contributed by atoms with E-state index < -0.39 is 12.0 Å². The van der Waals surface area contributed by atoms with Crippen molar-refractivity contribution in [3.63, 3.8) is 0 Å². The number of carbonyl (C=O) groups is 1. The fourth-order valence-corrected chi connectivity index (χ4v) is 6.14. The molecule has 0 radical (unpaired) electrons. The molecule has 1 atom stereocenters. The van der Waals surface area contributed by atoms with E-state index in [2.05, 4.69) is 4.99 Å². The standard InChI is InChI=1S/C31H25ClN2O7S/c1-17-27(30(36)38-3)28(22-14-20(32)7-11-23(22)37-2)34-29(35)26(42-31(34)33-17)13-18-4-8-21(9-5-18)39-15-19-6-10-24-25(12-19)41-16-40-24/h4-14,28H,15-16H2,1-3H3/b26-13-/t28-/m0/s1. The zero-order chi connectivity index (χ0) is 29.4. The van der Waals surface area contributed by atoms with Crippen molar-refractivity contribution in [1.29, 1.82) is 0 Å². The number of rotatable bonds is 7. The van der Waals surface area contributed by atoms with Crippen molar-refractivity contribution < 1.29 is 28.5 Å². The highest BCUT2D eigenvalue weighted by Crippen LogP contribution is 2.37. The zero-order valence-electron chi connectivity index (χ0n) is 22.9. The normalized spacial score (nSPS) is 15.7. The molecule has 0 saturated carbocycles. The first-order chi connectivity index (χ1) is 20.4. The number of carbonyl (C=O) groups excluding carboxylic acids is 1. The molecule has 3 heterocycles. The highest BCUT2D eigenvalue weighted by atomic mass is 35.5. The predicted octanol–water partition coefficient (Wildman–Crippen LogP) is 4.38. The molecule has 0 unspecified atom stereocenters. The third-order valence-electron chi connectivity index (χ3n) is 6.93. The highest BCUT2D eigenvalue weighted by Gasteiger charge is 2.35. The van der Waals surface area contributed by atoms with Crippen LogP contribution in [0.1, 0.15) is 29.7 Å². The molecule has 11 heteroatoms. The lowest BCUT2D eigenvalue weighted by Gasteiger charge is -2.25. The van der Waals surface area contributed by atoms with Crippen LogP contribution < -0.4 is 33.8 Å². The molecule has 2 aliphatic heterocycles. The maximum absolute atomic E-state index is 13.8. The van der Waals surface area contributed by atoms with E-state index in [1.807, 2.05) is 42.5 Å². The number of esters is 1. The van der Waals surface area contributed by atoms with Crippen molar-refractivity contribution in [2.24, 2.45) is 4.99 Å². The maximum atomic E-state index is 13.8. The summed E-state index contributed by atoms with van der Waals surface area (Å²) in [6.07, 6.45) is 1.79. The minimum atomic E-state index is -0.837. The van der Waals surface area contributed by atoms with Gasteiger partial charge < -0.3 is 23.7 Å². The molecule has 0 saturated heterocycles. The topological polar surface area (TPSA) is 97.6 Å². The molecule has 0 spiro atoms. The molecule has 0 N–H and O–H groups in total. The maximum Gasteiger partial charge on any atom is 0.338 e. The summed E-state index contributed by atoms with van der Waals surface area (Å²) < 4.78 is 29.3. The van der Waals surface area contributed by atoms with Crippen LogP contribution in [0.25, 0.3) is 6.08 Å². The summed E-state index contributed by atoms with van der Waals surface area (Å²) in [4.78, 5) is 31.8. The van der Waals surface area contributed by atoms with Crippen LogP contribution >= 0.6 is 22.9 Å². The number of aromatic nitrogens is 1. The van der Waals surface area contributed by atoms with Gasteiger partial charge in [0.2, 0.25) is 6.79 Å². The first-order valence-electron chi connectivity index (χ1n) is 12.9. The number of halogens is 1. The molecule has 0 aliphatic carbocycles. The fraction of sp³-hybridized carbons (Fsp3) is 0.194. The zero-order valence-corrected chi connectivity index (χ0v) is 24.5. The molecule has 0 fully saturated rings. The number of allylic oxidation sites excluding steroid dienone is 1. The van der Waals surface area contributed by atoms with Crippen LogP contribution in [-0.2, 0) is 16.1 Å². The van der Waals surface area contributed by atoms with Gasteiger partial charge in [0, 0.05) is 10.6 Å². The Kier molecular flexibility index (Phi) is 7.49. The lowest BCUT2D eigenvalue weighted by molar-refractivity contribution is -0.136. The summed E-state index contributed by atoms with van der Waals surface area (Å²) in [6.45, 7) is 2.31. The number of nitrogens with zero attached hydrogens (tertiary/aromatic N) is 2. The average Bonchev–Trinajstić information content (AvgIpc) is 3.59. The van der Waals surface area contributed by atoms with Crippen molar-refractivity contribution >= 4 is 35.0 Å². The first kappa shape index (κ1) is 27.6. The van der Waals surface area contributed by atoms with Crippen molar-refractivity contribution in [3.05, 3.63) is 113 Å². The van der Waals surface area contributed by atoms with Crippen LogP contribution in [0.15, 0.2) is 81.7 Å². The molecule has 214 valence electrons. The summed E-state index contributed by atoms with van der Waals surface area (Å²) in [6, 6.07) is 17.4. The van der Waals surface area contributed by atoms with Crippen molar-refractivity contribution in [1.82, 2.24) is 4.57 Å². The number of ether oxygens (including phenoxy) is 5. The number of thiazole rings is 1. The molecule has 42 heavy (non-hydrogen) atoms. The molecular weight excluding hydrogens is 580 g/mol. The largest absolute Gasteiger partial charge is 0.496 e. The van der Waals surface area contributed by atoms with Gasteiger partial charge in [-0.15, -0.1) is 0 Å². The summed E-state index contributed by atoms with van der Waals surface area (Å²) in [5, 5.41) is 0.438. The van der Waals surface area contributed by atoms with E-state index in [0.717, 1.165) is 16.9 Å². The Bertz CT molecular complexity index is 1910. The van der Waals surface area contributed by atoms with Gasteiger partial charge in [0.1, 0.15) is 24.1 Å². The molecular formula is C31H25ClN2O7S. The van der Waals surface area contributed by atoms with E-state index in [-0.39, 0.29) is 17.9 Å². The molecule has 2 aliphatic rings. The Hall–Kier alpha value is -4.54. The van der Waals surface area contributed by atoms with Crippen molar-refractivity contribution in [3.8, 4) is 23.0 Å². The van der Waals surface area contributed by atoms with Crippen LogP contribution in [0.3, 0.4) is 0 Å². The van der Waals surface area contributed by atoms with Gasteiger partial charge in [0.05, 0.1) is 30.0 Å². The second-order valence-electron chi connectivity index (χ2n) is 9.50. The van der Waals surface area contributed by atoms with Gasteiger partial charge in [-0.05, 0) is 66.6 Å². The quantitative estimate of drug-likeness (QED) is 0.289. The van der Waals surface area contributed by atoms with Crippen molar-refractivity contribution in [2.45, 2.75) is 19.6 Å². The van der Waals surface area contributed by atoms with Crippen LogP contribution in [-0.4, -0.2) is 31.5 Å². The predicted molar refractivity (Wildman–Crippen MR) is 157 cm³/mol. The first-order valence-corrected chi connectivity index (χ1v) is 14.1. The summed E-state index contributed by atoms with van der Waals surface area (Å²) in [5.41, 5.74) is 2.69. The number of methoxy groups -OCH3 is 2. The van der Waals surface area contributed by atoms with Crippen LogP contribution in [0.5, 0.6) is 23.0 Å². The number of fused-ring (bicyclic) bond motifs is 2. The monoisotopic (exact) mass is 604 g/mol. The summed E-state index contributed by atoms with van der Waals surface area (Å²) in [7, 11) is 2.82. The third-order valence-corrected chi connectivity index (χ3v) is 8.15. The van der Waals surface area contributed by atoms with Gasteiger partial charge >= 0.3 is 5.97 Å². The van der Waals surface area contributed by atoms with Gasteiger partial charge in [0.15, 0.2) is 16.3 Å². The van der Waals surface area contributed by atoms with Crippen molar-refractivity contribution in [2.75, 3.05) is 21.0 Å². The van der Waals surface area contributed by atoms with E-state index in [1.54, 1.807) is 31.2 Å². The average molecular weight is 605 g/mol. The van der Waals surface area contributed by atoms with Gasteiger partial charge in [-0.3, -0.25) is 9.36 Å². The number of hydrogen-bond donors (Lipinski definition) is 0. The van der Waals surface area contributed by atoms with Crippen LogP contribution in [0, 0.1) is 0 Å². The molecule has 6 rings (SSSR count). The van der Waals surface area contributed by atoms with Crippen LogP contribution in [0.2, 0.25) is 5.02 Å². The fourth-order valence-electron chi connectivity index (χ4n) is 4.91. The Labute approximate surface area is 249 Å². The molecule has 3 aromatic carbocycles. The lowest BCUT2D eigenvalue weighted by atomic mass is 9.95. The molecule has 4 aromatic rings. The van der Waals surface area contributed by atoms with Crippen LogP contribution in [0.4, 0.5) is 0 Å². The second kappa shape index (κ2) is 11.4. The van der Waals surface area contributed by atoms with Gasteiger partial charge in [0.25, 0.3) is 5.56 Å². The van der Waals surface area contributed by atoms with E-state index in [9.17, 15) is 9.59 Å². The number of hydrogen-bond acceptors (Lipinski definition) is 9. The Morgan fingerprint density at radius 3 is 2.64 bits per heavy atom. The minimum Gasteiger partial charge on any atom is -0.496 e. The molecule has 0 amide bonds. The molecule has 1 aromatic heterocycles. The smallest absolute Gasteiger partial charge is 0.338 e. The Balaban J connectivity index is 1.33. The minimum absolute atomic E-state index is 0.223. The van der Waals surface area contributed by atoms with E-state index in [1.165, 1.54) is 30.1 Å². The Morgan fingerprint density at radius 1 is 1.10 bits per heavy atom. The second-order valence-corrected chi connectivity index (χ2v) is 11.0. The van der Waals surface area contributed by atoms with E-state index in [4.69, 9.17) is 35.3 Å². The molecule has 9 nitrogen and oxygen atoms in total.